The van der Waals surface area contributed by atoms with Crippen molar-refractivity contribution < 1.29 is 9.53 Å². The number of hydrogen-bond donors (Lipinski definition) is 1. The minimum atomic E-state index is -0.345. The molecule has 0 aliphatic carbocycles. The van der Waals surface area contributed by atoms with Gasteiger partial charge < -0.3 is 10.1 Å². The Morgan fingerprint density at radius 1 is 1.20 bits per heavy atom. The summed E-state index contributed by atoms with van der Waals surface area (Å²) in [4.78, 5) is 11.6. The molecule has 1 saturated heterocycles. The Balaban J connectivity index is 0.000000921. The molecule has 1 aliphatic rings. The molecule has 0 aromatic rings. The summed E-state index contributed by atoms with van der Waals surface area (Å²) in [6.45, 7) is 11.6. The number of carbonyl (C=O) groups is 1. The molecule has 90 valence electrons. The van der Waals surface area contributed by atoms with Crippen molar-refractivity contribution in [2.24, 2.45) is 5.92 Å². The van der Waals surface area contributed by atoms with Crippen LogP contribution in [0, 0.1) is 5.92 Å². The van der Waals surface area contributed by atoms with E-state index in [0.717, 1.165) is 25.9 Å². The van der Waals surface area contributed by atoms with E-state index in [1.807, 2.05) is 34.6 Å². The van der Waals surface area contributed by atoms with Crippen molar-refractivity contribution in [1.82, 2.24) is 5.32 Å². The molecule has 0 unspecified atom stereocenters. The van der Waals surface area contributed by atoms with E-state index in [-0.39, 0.29) is 17.5 Å². The van der Waals surface area contributed by atoms with Crippen LogP contribution in [0.4, 0.5) is 0 Å². The van der Waals surface area contributed by atoms with Crippen LogP contribution >= 0.6 is 0 Å². The van der Waals surface area contributed by atoms with Gasteiger partial charge in [-0.2, -0.15) is 0 Å². The molecular weight excluding hydrogens is 190 g/mol. The maximum atomic E-state index is 11.6. The molecule has 1 heterocycles. The average molecular weight is 215 g/mol. The van der Waals surface area contributed by atoms with Gasteiger partial charge in [-0.05, 0) is 46.7 Å². The lowest BCUT2D eigenvalue weighted by Gasteiger charge is -2.26. The van der Waals surface area contributed by atoms with E-state index in [1.54, 1.807) is 0 Å². The monoisotopic (exact) mass is 215 g/mol. The van der Waals surface area contributed by atoms with Gasteiger partial charge in [-0.15, -0.1) is 0 Å². The Morgan fingerprint density at radius 3 is 2.07 bits per heavy atom. The second kappa shape index (κ2) is 6.83. The van der Waals surface area contributed by atoms with Crippen molar-refractivity contribution >= 4 is 5.97 Å². The van der Waals surface area contributed by atoms with Crippen molar-refractivity contribution in [3.05, 3.63) is 0 Å². The number of piperidine rings is 1. The third-order valence-electron chi connectivity index (χ3n) is 2.08. The molecule has 0 aromatic heterocycles. The zero-order chi connectivity index (χ0) is 11.9. The van der Waals surface area contributed by atoms with Crippen molar-refractivity contribution in [3.63, 3.8) is 0 Å². The molecular formula is C12H25NO2. The fourth-order valence-corrected chi connectivity index (χ4v) is 1.44. The Labute approximate surface area is 93.6 Å². The van der Waals surface area contributed by atoms with Gasteiger partial charge in [0.05, 0.1) is 5.92 Å². The average Bonchev–Trinajstić information content (AvgIpc) is 2.20. The van der Waals surface area contributed by atoms with Crippen molar-refractivity contribution in [3.8, 4) is 0 Å². The smallest absolute Gasteiger partial charge is 0.309 e. The van der Waals surface area contributed by atoms with Gasteiger partial charge in [0.25, 0.3) is 0 Å². The molecule has 0 saturated carbocycles. The van der Waals surface area contributed by atoms with Crippen molar-refractivity contribution in [2.75, 3.05) is 13.1 Å². The third kappa shape index (κ3) is 6.50. The normalized spacial score (nSPS) is 17.7. The Hall–Kier alpha value is -0.570. The van der Waals surface area contributed by atoms with E-state index >= 15 is 0 Å². The molecule has 15 heavy (non-hydrogen) atoms. The SMILES string of the molecule is CC.CC(C)(C)OC(=O)C1CCNCC1. The quantitative estimate of drug-likeness (QED) is 0.682. The molecule has 3 nitrogen and oxygen atoms in total. The van der Waals surface area contributed by atoms with Gasteiger partial charge in [0.2, 0.25) is 0 Å². The van der Waals surface area contributed by atoms with Gasteiger partial charge in [-0.25, -0.2) is 0 Å². The molecule has 0 aromatic carbocycles. The van der Waals surface area contributed by atoms with E-state index in [2.05, 4.69) is 5.32 Å². The third-order valence-corrected chi connectivity index (χ3v) is 2.08. The molecule has 1 fully saturated rings. The lowest BCUT2D eigenvalue weighted by atomic mass is 9.98. The van der Waals surface area contributed by atoms with Crippen LogP contribution in [0.15, 0.2) is 0 Å². The number of carbonyl (C=O) groups excluding carboxylic acids is 1. The van der Waals surface area contributed by atoms with Gasteiger partial charge >= 0.3 is 5.97 Å². The minimum Gasteiger partial charge on any atom is -0.460 e. The Bertz CT molecular complexity index is 179. The molecule has 0 amide bonds. The first kappa shape index (κ1) is 14.4. The summed E-state index contributed by atoms with van der Waals surface area (Å²) >= 11 is 0. The van der Waals surface area contributed by atoms with E-state index in [0.29, 0.717) is 0 Å². The number of nitrogens with one attached hydrogen (secondary N) is 1. The second-order valence-corrected chi connectivity index (χ2v) is 4.56. The highest BCUT2D eigenvalue weighted by atomic mass is 16.6. The summed E-state index contributed by atoms with van der Waals surface area (Å²) in [6, 6.07) is 0. The van der Waals surface area contributed by atoms with E-state index < -0.39 is 0 Å². The van der Waals surface area contributed by atoms with Gasteiger partial charge in [-0.1, -0.05) is 13.8 Å². The fraction of sp³-hybridized carbons (Fsp3) is 0.917. The van der Waals surface area contributed by atoms with Crippen LogP contribution in [0.1, 0.15) is 47.5 Å². The maximum Gasteiger partial charge on any atom is 0.309 e. The number of hydrogen-bond acceptors (Lipinski definition) is 3. The summed E-state index contributed by atoms with van der Waals surface area (Å²) in [7, 11) is 0. The predicted octanol–water partition coefficient (Wildman–Crippen LogP) is 2.35. The van der Waals surface area contributed by atoms with Crippen LogP contribution in [0.3, 0.4) is 0 Å². The maximum absolute atomic E-state index is 11.6. The minimum absolute atomic E-state index is 0.0333. The summed E-state index contributed by atoms with van der Waals surface area (Å²) in [5.41, 5.74) is -0.345. The molecule has 0 radical (unpaired) electrons. The van der Waals surface area contributed by atoms with Gasteiger partial charge in [0, 0.05) is 0 Å². The zero-order valence-corrected chi connectivity index (χ0v) is 10.7. The Morgan fingerprint density at radius 2 is 1.67 bits per heavy atom. The molecule has 0 atom stereocenters. The molecule has 1 N–H and O–H groups in total. The summed E-state index contributed by atoms with van der Waals surface area (Å²) in [5, 5.41) is 3.22. The van der Waals surface area contributed by atoms with Crippen molar-refractivity contribution in [1.29, 1.82) is 0 Å². The summed E-state index contributed by atoms with van der Waals surface area (Å²) in [5.74, 6) is 0.0782. The number of esters is 1. The lowest BCUT2D eigenvalue weighted by Crippen LogP contribution is -2.35. The first-order chi connectivity index (χ1) is 6.99. The van der Waals surface area contributed by atoms with Crippen LogP contribution in [0.2, 0.25) is 0 Å². The largest absolute Gasteiger partial charge is 0.460 e. The first-order valence-electron chi connectivity index (χ1n) is 5.92. The lowest BCUT2D eigenvalue weighted by molar-refractivity contribution is -0.160. The van der Waals surface area contributed by atoms with Gasteiger partial charge in [-0.3, -0.25) is 4.79 Å². The molecule has 1 rings (SSSR count). The number of rotatable bonds is 1. The molecule has 0 bridgehead atoms. The molecule has 1 aliphatic heterocycles. The fourth-order valence-electron chi connectivity index (χ4n) is 1.44. The van der Waals surface area contributed by atoms with Crippen LogP contribution in [0.5, 0.6) is 0 Å². The van der Waals surface area contributed by atoms with Crippen LogP contribution in [-0.4, -0.2) is 24.7 Å². The van der Waals surface area contributed by atoms with E-state index in [4.69, 9.17) is 4.74 Å². The summed E-state index contributed by atoms with van der Waals surface area (Å²) in [6.07, 6.45) is 1.82. The molecule has 3 heteroatoms. The van der Waals surface area contributed by atoms with Crippen LogP contribution in [-0.2, 0) is 9.53 Å². The first-order valence-corrected chi connectivity index (χ1v) is 5.92. The summed E-state index contributed by atoms with van der Waals surface area (Å²) < 4.78 is 5.31. The highest BCUT2D eigenvalue weighted by Crippen LogP contribution is 2.17. The van der Waals surface area contributed by atoms with Gasteiger partial charge in [0.1, 0.15) is 5.60 Å². The Kier molecular flexibility index (Phi) is 6.57. The van der Waals surface area contributed by atoms with Crippen LogP contribution < -0.4 is 5.32 Å². The number of ether oxygens (including phenoxy) is 1. The van der Waals surface area contributed by atoms with Crippen molar-refractivity contribution in [2.45, 2.75) is 53.1 Å². The van der Waals surface area contributed by atoms with E-state index in [1.165, 1.54) is 0 Å². The molecule has 0 spiro atoms. The zero-order valence-electron chi connectivity index (χ0n) is 10.7. The van der Waals surface area contributed by atoms with Crippen LogP contribution in [0.25, 0.3) is 0 Å². The highest BCUT2D eigenvalue weighted by molar-refractivity contribution is 5.73. The topological polar surface area (TPSA) is 38.3 Å². The van der Waals surface area contributed by atoms with Gasteiger partial charge in [0.15, 0.2) is 0 Å². The van der Waals surface area contributed by atoms with E-state index in [9.17, 15) is 4.79 Å². The standard InChI is InChI=1S/C10H19NO2.C2H6/c1-10(2,3)13-9(12)8-4-6-11-7-5-8;1-2/h8,11H,4-7H2,1-3H3;1-2H3. The second-order valence-electron chi connectivity index (χ2n) is 4.56. The predicted molar refractivity (Wildman–Crippen MR) is 62.8 cm³/mol. The highest BCUT2D eigenvalue weighted by Gasteiger charge is 2.26.